The molecule has 0 aliphatic rings. The van der Waals surface area contributed by atoms with Gasteiger partial charge in [-0.2, -0.15) is 0 Å². The van der Waals surface area contributed by atoms with Crippen molar-refractivity contribution in [2.45, 2.75) is 21.3 Å². The molecule has 0 aromatic carbocycles. The van der Waals surface area contributed by atoms with Crippen LogP contribution in [0, 0.1) is 0 Å². The molecular weight excluding hydrogens is 166 g/mol. The Bertz CT molecular complexity index is 116. The van der Waals surface area contributed by atoms with Gasteiger partial charge in [0.05, 0.1) is 7.11 Å². The molecule has 0 heterocycles. The van der Waals surface area contributed by atoms with Gasteiger partial charge in [0, 0.05) is 0 Å². The third kappa shape index (κ3) is 66.9. The molecule has 0 spiro atoms. The summed E-state index contributed by atoms with van der Waals surface area (Å²) < 4.78 is 5.98. The van der Waals surface area contributed by atoms with Gasteiger partial charge in [0.15, 0.2) is 1.41 Å². The standard InChI is InChI=1S/C3H4O4.CH5NO.2CH4/c4-2(5)1-3(6)7;1-3-2;;/h1H2,(H,4,5)(H,6,7);2H2,1H3;2*1H4/i;2T;;. The first-order valence-electron chi connectivity index (χ1n) is 2.67. The molecule has 0 fully saturated rings. The van der Waals surface area contributed by atoms with Crippen LogP contribution in [0.15, 0.2) is 0 Å². The first-order chi connectivity index (χ1) is 5.04. The van der Waals surface area contributed by atoms with E-state index in [1.165, 1.54) is 7.11 Å². The van der Waals surface area contributed by atoms with E-state index in [1.54, 1.807) is 5.89 Å². The number of carboxylic acids is 2. The van der Waals surface area contributed by atoms with Crippen molar-refractivity contribution in [2.24, 2.45) is 5.89 Å². The van der Waals surface area contributed by atoms with Crippen molar-refractivity contribution in [2.75, 3.05) is 7.11 Å². The minimum Gasteiger partial charge on any atom is -0.481 e. The molecule has 76 valence electrons. The maximum atomic E-state index is 9.43. The van der Waals surface area contributed by atoms with E-state index in [2.05, 4.69) is 4.84 Å². The molecule has 0 aliphatic carbocycles. The minimum atomic E-state index is -1.31. The summed E-state index contributed by atoms with van der Waals surface area (Å²) in [4.78, 5) is 22.8. The highest BCUT2D eigenvalue weighted by molar-refractivity contribution is 5.88. The Morgan fingerprint density at radius 2 is 1.67 bits per heavy atom. The van der Waals surface area contributed by atoms with Crippen LogP contribution in [-0.4, -0.2) is 29.3 Å². The quantitative estimate of drug-likeness (QED) is 0.431. The zero-order valence-corrected chi connectivity index (χ0v) is 5.33. The molecule has 0 atom stereocenters. The second-order valence-corrected chi connectivity index (χ2v) is 1.17. The summed E-state index contributed by atoms with van der Waals surface area (Å²) >= 11 is 0. The average Bonchev–Trinajstić information content (AvgIpc) is 1.85. The Morgan fingerprint density at radius 1 is 1.42 bits per heavy atom. The summed E-state index contributed by atoms with van der Waals surface area (Å²) in [5.74, 6) is -0.944. The van der Waals surface area contributed by atoms with Gasteiger partial charge in [0.2, 0.25) is 0 Å². The Morgan fingerprint density at radius 3 is 1.67 bits per heavy atom. The molecule has 0 aromatic heterocycles. The highest BCUT2D eigenvalue weighted by Crippen LogP contribution is 1.74. The van der Waals surface area contributed by atoms with E-state index < -0.39 is 18.4 Å². The molecule has 0 amide bonds. The first-order valence-corrected chi connectivity index (χ1v) is 2.17. The van der Waals surface area contributed by atoms with Gasteiger partial charge in [-0.25, -0.2) is 5.89 Å². The largest absolute Gasteiger partial charge is 0.481 e. The van der Waals surface area contributed by atoms with Gasteiger partial charge < -0.3 is 15.1 Å². The lowest BCUT2D eigenvalue weighted by atomic mass is 10.5. The highest BCUT2D eigenvalue weighted by Gasteiger charge is 2.01. The highest BCUT2D eigenvalue weighted by atomic mass is 16.6. The van der Waals surface area contributed by atoms with Crippen molar-refractivity contribution in [3.05, 3.63) is 0 Å². The monoisotopic (exact) mass is 185 g/mol. The molecule has 0 aliphatic heterocycles. The van der Waals surface area contributed by atoms with E-state index in [4.69, 9.17) is 11.6 Å². The maximum Gasteiger partial charge on any atom is 0.314 e. The third-order valence-electron chi connectivity index (χ3n) is 0.302. The van der Waals surface area contributed by atoms with Crippen LogP contribution >= 0.6 is 0 Å². The Hall–Kier alpha value is -1.14. The van der Waals surface area contributed by atoms with Gasteiger partial charge in [-0.3, -0.25) is 9.59 Å². The van der Waals surface area contributed by atoms with E-state index >= 15 is 0 Å². The molecular formula is C6H17NO5. The fourth-order valence-electron chi connectivity index (χ4n) is 0.129. The van der Waals surface area contributed by atoms with Gasteiger partial charge in [-0.05, 0) is 0 Å². The molecule has 0 unspecified atom stereocenters. The summed E-state index contributed by atoms with van der Waals surface area (Å²) in [7, 11) is 1.38. The van der Waals surface area contributed by atoms with E-state index in [1.807, 2.05) is 0 Å². The molecule has 0 saturated heterocycles. The Labute approximate surface area is 73.4 Å². The summed E-state index contributed by atoms with van der Waals surface area (Å²) in [5, 5.41) is 15.4. The van der Waals surface area contributed by atoms with Crippen molar-refractivity contribution in [1.29, 1.82) is 0 Å². The summed E-state index contributed by atoms with van der Waals surface area (Å²) in [6, 6.07) is 0. The van der Waals surface area contributed by atoms with Crippen LogP contribution in [0.25, 0.3) is 0 Å². The first kappa shape index (κ1) is 17.1. The number of nitrogens with two attached hydrogens (primary N) is 1. The minimum absolute atomic E-state index is 0. The normalized spacial score (nSPS) is 7.25. The van der Waals surface area contributed by atoms with Gasteiger partial charge in [-0.1, -0.05) is 14.9 Å². The zero-order valence-electron chi connectivity index (χ0n) is 6.33. The van der Waals surface area contributed by atoms with Gasteiger partial charge in [0.25, 0.3) is 0 Å². The average molecular weight is 185 g/mol. The van der Waals surface area contributed by atoms with Crippen molar-refractivity contribution >= 4 is 11.9 Å². The Balaban J connectivity index is -0.0000000600. The zero-order chi connectivity index (χ0) is 9.28. The third-order valence-corrected chi connectivity index (χ3v) is 0.302. The number of carbonyl (C=O) groups is 2. The van der Waals surface area contributed by atoms with Crippen LogP contribution < -0.4 is 5.89 Å². The molecule has 6 heteroatoms. The van der Waals surface area contributed by atoms with Crippen LogP contribution in [0.5, 0.6) is 0 Å². The van der Waals surface area contributed by atoms with Crippen LogP contribution in [-0.2, 0) is 14.4 Å². The fourth-order valence-corrected chi connectivity index (χ4v) is 0.129. The lowest BCUT2D eigenvalue weighted by Gasteiger charge is -1.80. The van der Waals surface area contributed by atoms with Crippen molar-refractivity contribution in [3.8, 4) is 0 Å². The molecule has 0 saturated carbocycles. The number of aliphatic carboxylic acids is 2. The van der Waals surface area contributed by atoms with Gasteiger partial charge >= 0.3 is 11.9 Å². The fraction of sp³-hybridized carbons (Fsp3) is 0.667. The van der Waals surface area contributed by atoms with E-state index in [0.717, 1.165) is 0 Å². The smallest absolute Gasteiger partial charge is 0.314 e. The number of rotatable bonds is 3. The number of hydrogen-bond donors (Lipinski definition) is 3. The summed E-state index contributed by atoms with van der Waals surface area (Å²) in [6.07, 6.45) is -0.806. The number of carboxylic acid groups (broad SMARTS) is 2. The second kappa shape index (κ2) is 16.4. The van der Waals surface area contributed by atoms with Crippen LogP contribution in [0.3, 0.4) is 0 Å². The van der Waals surface area contributed by atoms with Crippen molar-refractivity contribution in [1.82, 2.24) is 0 Å². The molecule has 0 aromatic rings. The van der Waals surface area contributed by atoms with Crippen molar-refractivity contribution < 1.29 is 26.1 Å². The molecule has 0 bridgehead atoms. The Kier molecular flexibility index (Phi) is 23.4. The SMILES string of the molecule is C.C.O=C(O)CC(=O)O.[3H]NOC. The summed E-state index contributed by atoms with van der Waals surface area (Å²) in [6.45, 7) is 0. The van der Waals surface area contributed by atoms with E-state index in [9.17, 15) is 9.59 Å². The van der Waals surface area contributed by atoms with Crippen LogP contribution in [0.2, 0.25) is 1.41 Å². The number of hydrogen-bond acceptors (Lipinski definition) is 4. The second-order valence-electron chi connectivity index (χ2n) is 1.17. The van der Waals surface area contributed by atoms with E-state index in [-0.39, 0.29) is 14.9 Å². The molecule has 4 N–H and O–H groups in total. The van der Waals surface area contributed by atoms with Crippen LogP contribution in [0.1, 0.15) is 21.3 Å². The molecule has 0 rings (SSSR count). The van der Waals surface area contributed by atoms with E-state index in [0.29, 0.717) is 0 Å². The molecule has 0 radical (unpaired) electrons. The van der Waals surface area contributed by atoms with Crippen molar-refractivity contribution in [3.63, 3.8) is 0 Å². The predicted octanol–water partition coefficient (Wildman–Crippen LogP) is 0.324. The lowest BCUT2D eigenvalue weighted by molar-refractivity contribution is -0.147. The predicted molar refractivity (Wildman–Crippen MR) is 44.5 cm³/mol. The van der Waals surface area contributed by atoms with Gasteiger partial charge in [-0.15, -0.1) is 0 Å². The van der Waals surface area contributed by atoms with Gasteiger partial charge in [0.1, 0.15) is 6.42 Å². The van der Waals surface area contributed by atoms with Crippen LogP contribution in [0.4, 0.5) is 0 Å². The lowest BCUT2D eigenvalue weighted by Crippen LogP contribution is -2.03. The molecule has 6 nitrogen and oxygen atoms in total. The topological polar surface area (TPSA) is 110 Å². The maximum absolute atomic E-state index is 9.43. The summed E-state index contributed by atoms with van der Waals surface area (Å²) in [5.41, 5.74) is 0. The molecule has 12 heavy (non-hydrogen) atoms.